The summed E-state index contributed by atoms with van der Waals surface area (Å²) in [6, 6.07) is 5.24. The van der Waals surface area contributed by atoms with Crippen LogP contribution in [-0.2, 0) is 4.74 Å². The van der Waals surface area contributed by atoms with Gasteiger partial charge in [0, 0.05) is 30.5 Å². The van der Waals surface area contributed by atoms with Crippen molar-refractivity contribution < 1.29 is 9.53 Å². The number of urea groups is 1. The Hall–Kier alpha value is -1.26. The fraction of sp³-hybridized carbons (Fsp3) is 0.500. The van der Waals surface area contributed by atoms with Gasteiger partial charge in [-0.25, -0.2) is 4.79 Å². The van der Waals surface area contributed by atoms with E-state index in [1.165, 1.54) is 0 Å². The van der Waals surface area contributed by atoms with Gasteiger partial charge in [0.05, 0.1) is 0 Å². The summed E-state index contributed by atoms with van der Waals surface area (Å²) in [6.07, 6.45) is 2.03. The largest absolute Gasteiger partial charge is 0.381 e. The first-order chi connectivity index (χ1) is 9.15. The Morgan fingerprint density at radius 3 is 2.84 bits per heavy atom. The topological polar surface area (TPSA) is 50.4 Å². The van der Waals surface area contributed by atoms with Crippen LogP contribution in [0.15, 0.2) is 18.2 Å². The molecule has 1 aliphatic rings. The van der Waals surface area contributed by atoms with E-state index in [1.807, 2.05) is 19.1 Å². The maximum atomic E-state index is 11.8. The molecule has 2 rings (SSSR count). The van der Waals surface area contributed by atoms with E-state index in [0.29, 0.717) is 17.5 Å². The van der Waals surface area contributed by atoms with Crippen molar-refractivity contribution in [2.24, 2.45) is 5.92 Å². The molecule has 1 saturated heterocycles. The van der Waals surface area contributed by atoms with Crippen LogP contribution in [0.2, 0.25) is 5.02 Å². The number of benzene rings is 1. The molecule has 1 aliphatic heterocycles. The fourth-order valence-corrected chi connectivity index (χ4v) is 2.35. The van der Waals surface area contributed by atoms with E-state index in [0.717, 1.165) is 37.3 Å². The van der Waals surface area contributed by atoms with E-state index in [4.69, 9.17) is 16.3 Å². The maximum Gasteiger partial charge on any atom is 0.319 e. The van der Waals surface area contributed by atoms with Crippen molar-refractivity contribution in [3.05, 3.63) is 28.8 Å². The number of hydrogen-bond acceptors (Lipinski definition) is 2. The van der Waals surface area contributed by atoms with Crippen LogP contribution in [0.1, 0.15) is 18.4 Å². The van der Waals surface area contributed by atoms with Crippen molar-refractivity contribution >= 4 is 23.3 Å². The Kier molecular flexibility index (Phi) is 5.05. The Morgan fingerprint density at radius 1 is 1.42 bits per heavy atom. The van der Waals surface area contributed by atoms with Crippen LogP contribution in [0.3, 0.4) is 0 Å². The Bertz CT molecular complexity index is 445. The van der Waals surface area contributed by atoms with Crippen molar-refractivity contribution in [2.45, 2.75) is 19.8 Å². The second kappa shape index (κ2) is 6.78. The molecule has 4 nitrogen and oxygen atoms in total. The molecule has 1 fully saturated rings. The number of carbonyl (C=O) groups is 1. The van der Waals surface area contributed by atoms with Gasteiger partial charge in [-0.3, -0.25) is 0 Å². The lowest BCUT2D eigenvalue weighted by Crippen LogP contribution is -2.35. The first-order valence-corrected chi connectivity index (χ1v) is 6.91. The van der Waals surface area contributed by atoms with Gasteiger partial charge < -0.3 is 15.4 Å². The standard InChI is InChI=1S/C14H19ClN2O2/c1-10-8-12(15)2-3-13(10)17-14(18)16-9-11-4-6-19-7-5-11/h2-3,8,11H,4-7,9H2,1H3,(H2,16,17,18). The van der Waals surface area contributed by atoms with Gasteiger partial charge in [0.1, 0.15) is 0 Å². The van der Waals surface area contributed by atoms with Crippen LogP contribution in [0.5, 0.6) is 0 Å². The molecule has 2 N–H and O–H groups in total. The molecular weight excluding hydrogens is 264 g/mol. The molecule has 0 spiro atoms. The van der Waals surface area contributed by atoms with Crippen LogP contribution < -0.4 is 10.6 Å². The first-order valence-electron chi connectivity index (χ1n) is 6.54. The van der Waals surface area contributed by atoms with E-state index >= 15 is 0 Å². The number of anilines is 1. The van der Waals surface area contributed by atoms with Crippen molar-refractivity contribution in [1.82, 2.24) is 5.32 Å². The Balaban J connectivity index is 1.80. The number of nitrogens with one attached hydrogen (secondary N) is 2. The zero-order valence-electron chi connectivity index (χ0n) is 11.0. The molecule has 0 bridgehead atoms. The van der Waals surface area contributed by atoms with Crippen LogP contribution in [0.25, 0.3) is 0 Å². The number of aryl methyl sites for hydroxylation is 1. The minimum absolute atomic E-state index is 0.170. The lowest BCUT2D eigenvalue weighted by molar-refractivity contribution is 0.0671. The fourth-order valence-electron chi connectivity index (χ4n) is 2.12. The quantitative estimate of drug-likeness (QED) is 0.894. The van der Waals surface area contributed by atoms with Gasteiger partial charge in [-0.1, -0.05) is 11.6 Å². The summed E-state index contributed by atoms with van der Waals surface area (Å²) in [5.74, 6) is 0.519. The molecule has 0 aromatic heterocycles. The molecule has 2 amide bonds. The van der Waals surface area contributed by atoms with Crippen molar-refractivity contribution in [1.29, 1.82) is 0 Å². The van der Waals surface area contributed by atoms with Crippen LogP contribution in [-0.4, -0.2) is 25.8 Å². The Morgan fingerprint density at radius 2 is 2.16 bits per heavy atom. The van der Waals surface area contributed by atoms with E-state index < -0.39 is 0 Å². The van der Waals surface area contributed by atoms with E-state index in [9.17, 15) is 4.79 Å². The van der Waals surface area contributed by atoms with E-state index in [2.05, 4.69) is 10.6 Å². The highest BCUT2D eigenvalue weighted by molar-refractivity contribution is 6.30. The molecule has 19 heavy (non-hydrogen) atoms. The second-order valence-electron chi connectivity index (χ2n) is 4.85. The third kappa shape index (κ3) is 4.40. The smallest absolute Gasteiger partial charge is 0.319 e. The molecule has 5 heteroatoms. The molecule has 1 heterocycles. The summed E-state index contributed by atoms with van der Waals surface area (Å²) < 4.78 is 5.29. The molecule has 0 unspecified atom stereocenters. The lowest BCUT2D eigenvalue weighted by Gasteiger charge is -2.22. The molecule has 1 aromatic rings. The lowest BCUT2D eigenvalue weighted by atomic mass is 10.0. The summed E-state index contributed by atoms with van der Waals surface area (Å²) in [7, 11) is 0. The van der Waals surface area contributed by atoms with Gasteiger partial charge in [-0.05, 0) is 49.4 Å². The predicted molar refractivity (Wildman–Crippen MR) is 76.8 cm³/mol. The van der Waals surface area contributed by atoms with E-state index in [1.54, 1.807) is 6.07 Å². The van der Waals surface area contributed by atoms with Gasteiger partial charge >= 0.3 is 6.03 Å². The average molecular weight is 283 g/mol. The van der Waals surface area contributed by atoms with Gasteiger partial charge in [0.25, 0.3) is 0 Å². The zero-order valence-corrected chi connectivity index (χ0v) is 11.8. The van der Waals surface area contributed by atoms with Crippen molar-refractivity contribution in [2.75, 3.05) is 25.1 Å². The van der Waals surface area contributed by atoms with Crippen LogP contribution in [0.4, 0.5) is 10.5 Å². The van der Waals surface area contributed by atoms with Gasteiger partial charge in [-0.2, -0.15) is 0 Å². The van der Waals surface area contributed by atoms with Crippen LogP contribution in [0, 0.1) is 12.8 Å². The SMILES string of the molecule is Cc1cc(Cl)ccc1NC(=O)NCC1CCOCC1. The number of halogens is 1. The Labute approximate surface area is 118 Å². The first kappa shape index (κ1) is 14.2. The predicted octanol–water partition coefficient (Wildman–Crippen LogP) is 3.20. The minimum atomic E-state index is -0.170. The number of amides is 2. The highest BCUT2D eigenvalue weighted by Crippen LogP contribution is 2.19. The van der Waals surface area contributed by atoms with Gasteiger partial charge in [0.15, 0.2) is 0 Å². The second-order valence-corrected chi connectivity index (χ2v) is 5.29. The monoisotopic (exact) mass is 282 g/mol. The molecule has 0 radical (unpaired) electrons. The molecule has 0 aliphatic carbocycles. The molecule has 0 saturated carbocycles. The van der Waals surface area contributed by atoms with E-state index in [-0.39, 0.29) is 6.03 Å². The highest BCUT2D eigenvalue weighted by Gasteiger charge is 2.14. The van der Waals surface area contributed by atoms with Gasteiger partial charge in [-0.15, -0.1) is 0 Å². The van der Waals surface area contributed by atoms with Gasteiger partial charge in [0.2, 0.25) is 0 Å². The highest BCUT2D eigenvalue weighted by atomic mass is 35.5. The summed E-state index contributed by atoms with van der Waals surface area (Å²) >= 11 is 5.88. The number of rotatable bonds is 3. The summed E-state index contributed by atoms with van der Waals surface area (Å²) in [5, 5.41) is 6.41. The van der Waals surface area contributed by atoms with Crippen molar-refractivity contribution in [3.63, 3.8) is 0 Å². The third-order valence-electron chi connectivity index (χ3n) is 3.33. The van der Waals surface area contributed by atoms with Crippen molar-refractivity contribution in [3.8, 4) is 0 Å². The minimum Gasteiger partial charge on any atom is -0.381 e. The average Bonchev–Trinajstić information content (AvgIpc) is 2.41. The molecule has 1 aromatic carbocycles. The third-order valence-corrected chi connectivity index (χ3v) is 3.56. The normalized spacial score (nSPS) is 16.1. The number of hydrogen-bond donors (Lipinski definition) is 2. The summed E-state index contributed by atoms with van der Waals surface area (Å²) in [4.78, 5) is 11.8. The zero-order chi connectivity index (χ0) is 13.7. The molecule has 104 valence electrons. The van der Waals surface area contributed by atoms with Crippen LogP contribution >= 0.6 is 11.6 Å². The maximum absolute atomic E-state index is 11.8. The molecule has 0 atom stereocenters. The molecular formula is C14H19ClN2O2. The summed E-state index contributed by atoms with van der Waals surface area (Å²) in [6.45, 7) is 4.20. The number of carbonyl (C=O) groups excluding carboxylic acids is 1. The summed E-state index contributed by atoms with van der Waals surface area (Å²) in [5.41, 5.74) is 1.74. The number of ether oxygens (including phenoxy) is 1.